The van der Waals surface area contributed by atoms with Crippen molar-refractivity contribution in [3.8, 4) is 0 Å². The summed E-state index contributed by atoms with van der Waals surface area (Å²) >= 11 is 5.23. The highest BCUT2D eigenvalue weighted by atomic mass is 35.5. The van der Waals surface area contributed by atoms with Crippen LogP contribution in [0.2, 0.25) is 0 Å². The minimum absolute atomic E-state index is 0.350. The number of aliphatic hydroxyl groups is 1. The van der Waals surface area contributed by atoms with Crippen LogP contribution in [0, 0.1) is 0 Å². The fourth-order valence-corrected chi connectivity index (χ4v) is 2.50. The lowest BCUT2D eigenvalue weighted by Crippen LogP contribution is -2.45. The quantitative estimate of drug-likeness (QED) is 0.687. The largest absolute Gasteiger partial charge is 0.391 e. The molecule has 6 heteroatoms. The number of hydrogen-bond donors (Lipinski definition) is 2. The van der Waals surface area contributed by atoms with Crippen LogP contribution in [0.5, 0.6) is 0 Å². The topological polar surface area (TPSA) is 66.4 Å². The Morgan fingerprint density at radius 3 is 2.54 bits per heavy atom. The maximum absolute atomic E-state index is 11.1. The van der Waals surface area contributed by atoms with Gasteiger partial charge in [0.1, 0.15) is 5.21 Å². The van der Waals surface area contributed by atoms with Crippen molar-refractivity contribution < 1.29 is 13.5 Å². The lowest BCUT2D eigenvalue weighted by molar-refractivity contribution is 0.101. The molecule has 0 radical (unpaired) electrons. The van der Waals surface area contributed by atoms with E-state index in [0.717, 1.165) is 12.8 Å². The van der Waals surface area contributed by atoms with Gasteiger partial charge < -0.3 is 5.11 Å². The first-order chi connectivity index (χ1) is 6.05. The Morgan fingerprint density at radius 1 is 1.38 bits per heavy atom. The van der Waals surface area contributed by atoms with Gasteiger partial charge in [-0.2, -0.15) is 0 Å². The maximum Gasteiger partial charge on any atom is 0.225 e. The van der Waals surface area contributed by atoms with Gasteiger partial charge in [0.25, 0.3) is 0 Å². The van der Waals surface area contributed by atoms with E-state index in [1.165, 1.54) is 0 Å². The molecule has 0 bridgehead atoms. The molecule has 2 atom stereocenters. The van der Waals surface area contributed by atoms with E-state index in [2.05, 4.69) is 4.72 Å². The predicted octanol–water partition coefficient (Wildman–Crippen LogP) is 0.406. The van der Waals surface area contributed by atoms with E-state index in [1.807, 2.05) is 0 Å². The summed E-state index contributed by atoms with van der Waals surface area (Å²) in [5.41, 5.74) is 0. The number of aliphatic hydroxyl groups excluding tert-OH is 1. The van der Waals surface area contributed by atoms with Crippen LogP contribution in [0.15, 0.2) is 0 Å². The molecule has 78 valence electrons. The summed E-state index contributed by atoms with van der Waals surface area (Å²) in [6.45, 7) is 0. The SMILES string of the molecule is O=S(=O)(CCl)N[C@@H]1CCCC[C@H]1O. The maximum atomic E-state index is 11.1. The molecular formula is C7H14ClNO3S. The Kier molecular flexibility index (Phi) is 3.97. The van der Waals surface area contributed by atoms with Crippen LogP contribution in [0.3, 0.4) is 0 Å². The molecule has 0 aromatic carbocycles. The number of alkyl halides is 1. The zero-order chi connectivity index (χ0) is 9.90. The lowest BCUT2D eigenvalue weighted by Gasteiger charge is -2.27. The van der Waals surface area contributed by atoms with Crippen molar-refractivity contribution >= 4 is 21.6 Å². The van der Waals surface area contributed by atoms with Crippen LogP contribution in [0.1, 0.15) is 25.7 Å². The Balaban J connectivity index is 2.52. The minimum Gasteiger partial charge on any atom is -0.391 e. The second-order valence-corrected chi connectivity index (χ2v) is 5.64. The smallest absolute Gasteiger partial charge is 0.225 e. The molecule has 1 aliphatic carbocycles. The lowest BCUT2D eigenvalue weighted by atomic mass is 9.93. The number of hydrogen-bond acceptors (Lipinski definition) is 3. The van der Waals surface area contributed by atoms with Crippen LogP contribution >= 0.6 is 11.6 Å². The zero-order valence-electron chi connectivity index (χ0n) is 7.24. The monoisotopic (exact) mass is 227 g/mol. The molecule has 2 N–H and O–H groups in total. The van der Waals surface area contributed by atoms with E-state index in [4.69, 9.17) is 11.6 Å². The first-order valence-corrected chi connectivity index (χ1v) is 6.48. The summed E-state index contributed by atoms with van der Waals surface area (Å²) < 4.78 is 24.5. The van der Waals surface area contributed by atoms with Crippen LogP contribution in [-0.4, -0.2) is 30.9 Å². The van der Waals surface area contributed by atoms with Gasteiger partial charge in [0, 0.05) is 6.04 Å². The van der Waals surface area contributed by atoms with Gasteiger partial charge in [-0.15, -0.1) is 11.6 Å². The molecule has 4 nitrogen and oxygen atoms in total. The number of halogens is 1. The van der Waals surface area contributed by atoms with Crippen LogP contribution in [-0.2, 0) is 10.0 Å². The number of sulfonamides is 1. The van der Waals surface area contributed by atoms with E-state index in [0.29, 0.717) is 12.8 Å². The van der Waals surface area contributed by atoms with Crippen molar-refractivity contribution in [2.24, 2.45) is 0 Å². The van der Waals surface area contributed by atoms with E-state index in [9.17, 15) is 13.5 Å². The van der Waals surface area contributed by atoms with Gasteiger partial charge in [0.2, 0.25) is 10.0 Å². The fraction of sp³-hybridized carbons (Fsp3) is 1.00. The fourth-order valence-electron chi connectivity index (χ4n) is 1.51. The van der Waals surface area contributed by atoms with Gasteiger partial charge in [-0.1, -0.05) is 12.8 Å². The van der Waals surface area contributed by atoms with Crippen molar-refractivity contribution in [1.29, 1.82) is 0 Å². The van der Waals surface area contributed by atoms with Gasteiger partial charge in [0.15, 0.2) is 0 Å². The molecule has 0 aromatic heterocycles. The number of rotatable bonds is 3. The second-order valence-electron chi connectivity index (χ2n) is 3.30. The standard InChI is InChI=1S/C7H14ClNO3S/c8-5-13(11,12)9-6-3-1-2-4-7(6)10/h6-7,9-10H,1-5H2/t6-,7-/m1/s1. The molecule has 0 heterocycles. The van der Waals surface area contributed by atoms with Gasteiger partial charge in [-0.3, -0.25) is 0 Å². The van der Waals surface area contributed by atoms with Crippen molar-refractivity contribution in [2.75, 3.05) is 5.21 Å². The molecule has 0 saturated heterocycles. The molecule has 0 amide bonds. The molecule has 0 aromatic rings. The minimum atomic E-state index is -3.40. The van der Waals surface area contributed by atoms with E-state index < -0.39 is 21.3 Å². The molecular weight excluding hydrogens is 214 g/mol. The average molecular weight is 228 g/mol. The summed E-state index contributed by atoms with van der Waals surface area (Å²) in [7, 11) is -3.40. The summed E-state index contributed by atoms with van der Waals surface area (Å²) in [6.07, 6.45) is 2.70. The normalized spacial score (nSPS) is 30.3. The molecule has 1 saturated carbocycles. The first-order valence-electron chi connectivity index (χ1n) is 4.29. The van der Waals surface area contributed by atoms with E-state index in [1.54, 1.807) is 0 Å². The van der Waals surface area contributed by atoms with Crippen LogP contribution in [0.4, 0.5) is 0 Å². The molecule has 0 unspecified atom stereocenters. The first kappa shape index (κ1) is 11.2. The Hall–Kier alpha value is 0.160. The highest BCUT2D eigenvalue weighted by Crippen LogP contribution is 2.18. The predicted molar refractivity (Wildman–Crippen MR) is 51.0 cm³/mol. The second kappa shape index (κ2) is 4.59. The third-order valence-corrected chi connectivity index (χ3v) is 4.02. The summed E-state index contributed by atoms with van der Waals surface area (Å²) in [5.74, 6) is 0. The van der Waals surface area contributed by atoms with E-state index >= 15 is 0 Å². The van der Waals surface area contributed by atoms with Crippen LogP contribution < -0.4 is 4.72 Å². The van der Waals surface area contributed by atoms with Gasteiger partial charge in [-0.25, -0.2) is 13.1 Å². The van der Waals surface area contributed by atoms with Crippen molar-refractivity contribution in [3.05, 3.63) is 0 Å². The summed E-state index contributed by atoms with van der Waals surface area (Å²) in [4.78, 5) is 0. The summed E-state index contributed by atoms with van der Waals surface area (Å²) in [6, 6.07) is -0.350. The van der Waals surface area contributed by atoms with Crippen molar-refractivity contribution in [1.82, 2.24) is 4.72 Å². The molecule has 1 aliphatic rings. The van der Waals surface area contributed by atoms with Gasteiger partial charge in [0.05, 0.1) is 6.10 Å². The Labute approximate surface area is 83.3 Å². The van der Waals surface area contributed by atoms with Gasteiger partial charge in [-0.05, 0) is 12.8 Å². The molecule has 13 heavy (non-hydrogen) atoms. The van der Waals surface area contributed by atoms with Crippen molar-refractivity contribution in [3.63, 3.8) is 0 Å². The Bertz CT molecular complexity index is 254. The zero-order valence-corrected chi connectivity index (χ0v) is 8.81. The molecule has 0 aliphatic heterocycles. The van der Waals surface area contributed by atoms with Crippen molar-refractivity contribution in [2.45, 2.75) is 37.8 Å². The molecule has 0 spiro atoms. The highest BCUT2D eigenvalue weighted by Gasteiger charge is 2.26. The number of nitrogens with one attached hydrogen (secondary N) is 1. The summed E-state index contributed by atoms with van der Waals surface area (Å²) in [5, 5.41) is 9.01. The third-order valence-electron chi connectivity index (χ3n) is 2.20. The van der Waals surface area contributed by atoms with Crippen LogP contribution in [0.25, 0.3) is 0 Å². The highest BCUT2D eigenvalue weighted by molar-refractivity contribution is 7.90. The van der Waals surface area contributed by atoms with E-state index in [-0.39, 0.29) is 6.04 Å². The third kappa shape index (κ3) is 3.42. The Morgan fingerprint density at radius 2 is 2.00 bits per heavy atom. The average Bonchev–Trinajstić information content (AvgIpc) is 2.09. The molecule has 1 rings (SSSR count). The van der Waals surface area contributed by atoms with Gasteiger partial charge >= 0.3 is 0 Å². The molecule has 1 fully saturated rings.